The SMILES string of the molecule is CCCN(CCC)c1c(C(=O)OCC)c2cccccc-2c1C(=O)OCC. The Kier molecular flexibility index (Phi) is 7.65. The van der Waals surface area contributed by atoms with E-state index in [0.29, 0.717) is 27.9 Å². The second kappa shape index (κ2) is 9.95. The lowest BCUT2D eigenvalue weighted by Crippen LogP contribution is -2.28. The van der Waals surface area contributed by atoms with Crippen LogP contribution in [-0.4, -0.2) is 38.2 Å². The van der Waals surface area contributed by atoms with Gasteiger partial charge in [0.15, 0.2) is 0 Å². The Morgan fingerprint density at radius 3 is 1.59 bits per heavy atom. The predicted molar refractivity (Wildman–Crippen MR) is 108 cm³/mol. The van der Waals surface area contributed by atoms with Crippen LogP contribution in [0.5, 0.6) is 0 Å². The van der Waals surface area contributed by atoms with Gasteiger partial charge in [0.2, 0.25) is 0 Å². The first-order chi connectivity index (χ1) is 13.1. The van der Waals surface area contributed by atoms with Gasteiger partial charge in [-0.25, -0.2) is 9.59 Å². The molecule has 2 rings (SSSR count). The number of nitrogens with zero attached hydrogens (tertiary/aromatic N) is 1. The van der Waals surface area contributed by atoms with Crippen LogP contribution < -0.4 is 4.90 Å². The second-order valence-corrected chi connectivity index (χ2v) is 6.26. The number of hydrogen-bond acceptors (Lipinski definition) is 5. The number of fused-ring (bicyclic) bond motifs is 1. The summed E-state index contributed by atoms with van der Waals surface area (Å²) < 4.78 is 10.7. The van der Waals surface area contributed by atoms with Crippen molar-refractivity contribution >= 4 is 17.6 Å². The number of anilines is 1. The highest BCUT2D eigenvalue weighted by Gasteiger charge is 2.34. The molecule has 0 spiro atoms. The van der Waals surface area contributed by atoms with Crippen molar-refractivity contribution in [1.82, 2.24) is 0 Å². The van der Waals surface area contributed by atoms with Crippen LogP contribution in [-0.2, 0) is 9.47 Å². The number of hydrogen-bond donors (Lipinski definition) is 0. The highest BCUT2D eigenvalue weighted by Crippen LogP contribution is 2.43. The number of esters is 2. The lowest BCUT2D eigenvalue weighted by Gasteiger charge is -2.25. The van der Waals surface area contributed by atoms with Crippen molar-refractivity contribution < 1.29 is 19.1 Å². The molecule has 0 fully saturated rings. The molecule has 2 aliphatic carbocycles. The van der Waals surface area contributed by atoms with E-state index in [-0.39, 0.29) is 13.2 Å². The van der Waals surface area contributed by atoms with Crippen LogP contribution in [0, 0.1) is 0 Å². The van der Waals surface area contributed by atoms with Crippen LogP contribution >= 0.6 is 0 Å². The number of carbonyl (C=O) groups is 2. The third-order valence-corrected chi connectivity index (χ3v) is 4.31. The molecule has 0 radical (unpaired) electrons. The van der Waals surface area contributed by atoms with Gasteiger partial charge >= 0.3 is 11.9 Å². The summed E-state index contributed by atoms with van der Waals surface area (Å²) in [5, 5.41) is 0. The van der Waals surface area contributed by atoms with Gasteiger partial charge in [0, 0.05) is 13.1 Å². The van der Waals surface area contributed by atoms with E-state index in [0.717, 1.165) is 25.9 Å². The Hall–Kier alpha value is -2.56. The Bertz CT molecular complexity index is 697. The first kappa shape index (κ1) is 20.7. The van der Waals surface area contributed by atoms with Crippen molar-refractivity contribution in [2.45, 2.75) is 40.5 Å². The maximum absolute atomic E-state index is 12.9. The minimum atomic E-state index is -0.406. The molecule has 0 saturated carbocycles. The zero-order valence-electron chi connectivity index (χ0n) is 16.7. The first-order valence-electron chi connectivity index (χ1n) is 9.74. The number of rotatable bonds is 9. The van der Waals surface area contributed by atoms with Gasteiger partial charge in [-0.1, -0.05) is 44.2 Å². The van der Waals surface area contributed by atoms with E-state index in [1.807, 2.05) is 30.3 Å². The molecule has 0 aromatic rings. The van der Waals surface area contributed by atoms with Crippen LogP contribution in [0.1, 0.15) is 61.3 Å². The number of ether oxygens (including phenoxy) is 2. The van der Waals surface area contributed by atoms with Crippen LogP contribution in [0.25, 0.3) is 11.1 Å². The Morgan fingerprint density at radius 1 is 0.778 bits per heavy atom. The summed E-state index contributed by atoms with van der Waals surface area (Å²) in [5.41, 5.74) is 2.97. The molecule has 0 N–H and O–H groups in total. The summed E-state index contributed by atoms with van der Waals surface area (Å²) in [7, 11) is 0. The fraction of sp³-hybridized carbons (Fsp3) is 0.455. The zero-order valence-corrected chi connectivity index (χ0v) is 16.7. The quantitative estimate of drug-likeness (QED) is 0.594. The van der Waals surface area contributed by atoms with E-state index in [1.54, 1.807) is 13.8 Å². The molecule has 5 heteroatoms. The van der Waals surface area contributed by atoms with Gasteiger partial charge in [-0.05, 0) is 37.8 Å². The normalized spacial score (nSPS) is 10.7. The van der Waals surface area contributed by atoms with Crippen LogP contribution in [0.4, 0.5) is 5.69 Å². The van der Waals surface area contributed by atoms with Crippen molar-refractivity contribution in [3.63, 3.8) is 0 Å². The Balaban J connectivity index is 2.84. The molecular formula is C22H29NO4. The van der Waals surface area contributed by atoms with Gasteiger partial charge in [0.1, 0.15) is 0 Å². The molecule has 146 valence electrons. The molecule has 2 aliphatic rings. The molecule has 0 bridgehead atoms. The van der Waals surface area contributed by atoms with Gasteiger partial charge in [-0.15, -0.1) is 0 Å². The van der Waals surface area contributed by atoms with Crippen LogP contribution in [0.15, 0.2) is 30.3 Å². The molecule has 0 aliphatic heterocycles. The van der Waals surface area contributed by atoms with E-state index in [4.69, 9.17) is 9.47 Å². The van der Waals surface area contributed by atoms with Gasteiger partial charge < -0.3 is 14.4 Å². The standard InChI is InChI=1S/C22H29NO4/c1-5-14-23(15-6-2)20-18(21(24)26-7-3)16-12-10-9-11-13-17(16)19(20)22(25)27-8-4/h9-13H,5-8,14-15H2,1-4H3. The van der Waals surface area contributed by atoms with E-state index in [1.165, 1.54) is 0 Å². The van der Waals surface area contributed by atoms with Crippen molar-refractivity contribution in [2.24, 2.45) is 0 Å². The van der Waals surface area contributed by atoms with Gasteiger partial charge in [0.05, 0.1) is 30.0 Å². The molecule has 0 heterocycles. The summed E-state index contributed by atoms with van der Waals surface area (Å²) in [6, 6.07) is 9.34. The average molecular weight is 371 g/mol. The molecule has 0 aromatic carbocycles. The molecule has 0 amide bonds. The fourth-order valence-corrected chi connectivity index (χ4v) is 3.37. The first-order valence-corrected chi connectivity index (χ1v) is 9.74. The maximum atomic E-state index is 12.9. The molecular weight excluding hydrogens is 342 g/mol. The van der Waals surface area contributed by atoms with Crippen molar-refractivity contribution in [3.05, 3.63) is 41.5 Å². The Labute approximate surface area is 161 Å². The van der Waals surface area contributed by atoms with Gasteiger partial charge in [0.25, 0.3) is 0 Å². The highest BCUT2D eigenvalue weighted by atomic mass is 16.5. The molecule has 5 nitrogen and oxygen atoms in total. The lowest BCUT2D eigenvalue weighted by molar-refractivity contribution is 0.0525. The smallest absolute Gasteiger partial charge is 0.340 e. The topological polar surface area (TPSA) is 55.8 Å². The maximum Gasteiger partial charge on any atom is 0.340 e. The molecule has 0 atom stereocenters. The van der Waals surface area contributed by atoms with E-state index < -0.39 is 11.9 Å². The van der Waals surface area contributed by atoms with Crippen molar-refractivity contribution in [1.29, 1.82) is 0 Å². The summed E-state index contributed by atoms with van der Waals surface area (Å²) >= 11 is 0. The third-order valence-electron chi connectivity index (χ3n) is 4.31. The van der Waals surface area contributed by atoms with Crippen LogP contribution in [0.3, 0.4) is 0 Å². The minimum Gasteiger partial charge on any atom is -0.462 e. The zero-order chi connectivity index (χ0) is 19.8. The third kappa shape index (κ3) is 4.41. The van der Waals surface area contributed by atoms with Gasteiger partial charge in [-0.2, -0.15) is 0 Å². The largest absolute Gasteiger partial charge is 0.462 e. The van der Waals surface area contributed by atoms with Crippen molar-refractivity contribution in [2.75, 3.05) is 31.2 Å². The van der Waals surface area contributed by atoms with Crippen molar-refractivity contribution in [3.8, 4) is 11.1 Å². The Morgan fingerprint density at radius 2 is 1.22 bits per heavy atom. The lowest BCUT2D eigenvalue weighted by atomic mass is 10.1. The molecule has 0 unspecified atom stereocenters. The monoisotopic (exact) mass is 371 g/mol. The summed E-state index contributed by atoms with van der Waals surface area (Å²) in [4.78, 5) is 27.9. The second-order valence-electron chi connectivity index (χ2n) is 6.26. The minimum absolute atomic E-state index is 0.278. The molecule has 0 aromatic heterocycles. The summed E-state index contributed by atoms with van der Waals surface area (Å²) in [6.07, 6.45) is 1.81. The van der Waals surface area contributed by atoms with Gasteiger partial charge in [-0.3, -0.25) is 0 Å². The average Bonchev–Trinajstić information content (AvgIpc) is 2.78. The molecule has 27 heavy (non-hydrogen) atoms. The summed E-state index contributed by atoms with van der Waals surface area (Å²) in [6.45, 7) is 9.78. The highest BCUT2D eigenvalue weighted by molar-refractivity contribution is 6.16. The fourth-order valence-electron chi connectivity index (χ4n) is 3.37. The predicted octanol–water partition coefficient (Wildman–Crippen LogP) is 4.77. The van der Waals surface area contributed by atoms with E-state index in [9.17, 15) is 9.59 Å². The van der Waals surface area contributed by atoms with E-state index >= 15 is 0 Å². The van der Waals surface area contributed by atoms with E-state index in [2.05, 4.69) is 18.7 Å². The summed E-state index contributed by atoms with van der Waals surface area (Å²) in [5.74, 6) is -0.812. The molecule has 0 saturated heterocycles. The van der Waals surface area contributed by atoms with Crippen LogP contribution in [0.2, 0.25) is 0 Å². The number of carbonyl (C=O) groups excluding carboxylic acids is 2.